The predicted molar refractivity (Wildman–Crippen MR) is 93.0 cm³/mol. The van der Waals surface area contributed by atoms with Crippen molar-refractivity contribution >= 4 is 5.91 Å². The van der Waals surface area contributed by atoms with Crippen LogP contribution in [0.15, 0.2) is 48.7 Å². The lowest BCUT2D eigenvalue weighted by atomic mass is 10.1. The van der Waals surface area contributed by atoms with E-state index in [1.54, 1.807) is 18.3 Å². The van der Waals surface area contributed by atoms with Crippen LogP contribution in [0, 0.1) is 0 Å². The molecule has 126 valence electrons. The number of rotatable bonds is 5. The first kappa shape index (κ1) is 16.5. The number of nitrogens with zero attached hydrogens (tertiary/aromatic N) is 3. The Kier molecular flexibility index (Phi) is 5.11. The third-order valence-electron chi connectivity index (χ3n) is 4.11. The van der Waals surface area contributed by atoms with Gasteiger partial charge in [-0.05, 0) is 38.2 Å². The zero-order valence-corrected chi connectivity index (χ0v) is 14.2. The second-order valence-corrected chi connectivity index (χ2v) is 6.36. The van der Waals surface area contributed by atoms with Gasteiger partial charge in [-0.25, -0.2) is 4.98 Å². The molecule has 2 aromatic rings. The van der Waals surface area contributed by atoms with E-state index < -0.39 is 0 Å². The lowest BCUT2D eigenvalue weighted by Crippen LogP contribution is -2.37. The third kappa shape index (κ3) is 3.92. The van der Waals surface area contributed by atoms with Crippen LogP contribution in [0.1, 0.15) is 22.3 Å². The number of hydrogen-bond acceptors (Lipinski definition) is 4. The SMILES string of the molecule is CN(C)CCC1CN(Cc2ccccc2)C(=O)c2cccnc2O1. The molecule has 1 amide bonds. The molecule has 3 rings (SSSR count). The summed E-state index contributed by atoms with van der Waals surface area (Å²) in [6, 6.07) is 13.6. The quantitative estimate of drug-likeness (QED) is 0.847. The van der Waals surface area contributed by atoms with Gasteiger partial charge in [-0.1, -0.05) is 30.3 Å². The number of hydrogen-bond donors (Lipinski definition) is 0. The minimum Gasteiger partial charge on any atom is -0.472 e. The molecule has 0 saturated carbocycles. The van der Waals surface area contributed by atoms with Crippen molar-refractivity contribution in [1.29, 1.82) is 0 Å². The zero-order valence-electron chi connectivity index (χ0n) is 14.2. The Morgan fingerprint density at radius 2 is 2.00 bits per heavy atom. The molecule has 1 unspecified atom stereocenters. The van der Waals surface area contributed by atoms with Gasteiger partial charge in [-0.2, -0.15) is 0 Å². The second kappa shape index (κ2) is 7.45. The van der Waals surface area contributed by atoms with Gasteiger partial charge in [0.15, 0.2) is 0 Å². The normalized spacial score (nSPS) is 17.4. The number of aromatic nitrogens is 1. The molecule has 1 aliphatic rings. The first-order chi connectivity index (χ1) is 11.6. The molecule has 0 saturated heterocycles. The van der Waals surface area contributed by atoms with E-state index in [0.29, 0.717) is 24.5 Å². The summed E-state index contributed by atoms with van der Waals surface area (Å²) >= 11 is 0. The number of amides is 1. The van der Waals surface area contributed by atoms with Gasteiger partial charge in [0.1, 0.15) is 11.7 Å². The monoisotopic (exact) mass is 325 g/mol. The molecule has 1 aromatic heterocycles. The van der Waals surface area contributed by atoms with E-state index in [9.17, 15) is 4.79 Å². The van der Waals surface area contributed by atoms with Crippen LogP contribution in [-0.4, -0.2) is 54.0 Å². The smallest absolute Gasteiger partial charge is 0.259 e. The summed E-state index contributed by atoms with van der Waals surface area (Å²) in [4.78, 5) is 21.2. The van der Waals surface area contributed by atoms with Crippen LogP contribution in [-0.2, 0) is 6.54 Å². The van der Waals surface area contributed by atoms with Crippen LogP contribution in [0.4, 0.5) is 0 Å². The van der Waals surface area contributed by atoms with E-state index in [-0.39, 0.29) is 12.0 Å². The molecule has 2 heterocycles. The van der Waals surface area contributed by atoms with Gasteiger partial charge in [0, 0.05) is 19.3 Å². The van der Waals surface area contributed by atoms with Crippen molar-refractivity contribution in [2.75, 3.05) is 27.2 Å². The van der Waals surface area contributed by atoms with Crippen LogP contribution in [0.2, 0.25) is 0 Å². The van der Waals surface area contributed by atoms with Crippen molar-refractivity contribution in [3.8, 4) is 5.88 Å². The highest BCUT2D eigenvalue weighted by Gasteiger charge is 2.29. The first-order valence-electron chi connectivity index (χ1n) is 8.23. The number of benzene rings is 1. The van der Waals surface area contributed by atoms with Crippen LogP contribution in [0.3, 0.4) is 0 Å². The van der Waals surface area contributed by atoms with Crippen LogP contribution >= 0.6 is 0 Å². The van der Waals surface area contributed by atoms with Crippen molar-refractivity contribution in [3.05, 3.63) is 59.8 Å². The Bertz CT molecular complexity index is 688. The Balaban J connectivity index is 1.85. The van der Waals surface area contributed by atoms with Crippen LogP contribution in [0.25, 0.3) is 0 Å². The van der Waals surface area contributed by atoms with E-state index >= 15 is 0 Å². The largest absolute Gasteiger partial charge is 0.472 e. The minimum atomic E-state index is -0.0591. The van der Waals surface area contributed by atoms with Gasteiger partial charge in [-0.15, -0.1) is 0 Å². The summed E-state index contributed by atoms with van der Waals surface area (Å²) in [5, 5.41) is 0. The van der Waals surface area contributed by atoms with Crippen molar-refractivity contribution in [3.63, 3.8) is 0 Å². The molecule has 24 heavy (non-hydrogen) atoms. The predicted octanol–water partition coefficient (Wildman–Crippen LogP) is 2.44. The fraction of sp³-hybridized carbons (Fsp3) is 0.368. The molecule has 0 radical (unpaired) electrons. The summed E-state index contributed by atoms with van der Waals surface area (Å²) in [5.74, 6) is 0.427. The lowest BCUT2D eigenvalue weighted by molar-refractivity contribution is 0.0680. The van der Waals surface area contributed by atoms with E-state index in [1.165, 1.54) is 0 Å². The fourth-order valence-electron chi connectivity index (χ4n) is 2.83. The average Bonchev–Trinajstić information content (AvgIpc) is 2.72. The highest BCUT2D eigenvalue weighted by atomic mass is 16.5. The molecule has 0 spiro atoms. The number of fused-ring (bicyclic) bond motifs is 1. The Labute approximate surface area is 142 Å². The summed E-state index contributed by atoms with van der Waals surface area (Å²) in [5.41, 5.74) is 1.66. The molecular formula is C19H23N3O2. The molecule has 0 bridgehead atoms. The number of pyridine rings is 1. The lowest BCUT2D eigenvalue weighted by Gasteiger charge is -2.25. The summed E-state index contributed by atoms with van der Waals surface area (Å²) in [7, 11) is 4.07. The van der Waals surface area contributed by atoms with Gasteiger partial charge in [0.05, 0.1) is 6.54 Å². The highest BCUT2D eigenvalue weighted by molar-refractivity contribution is 5.96. The number of carbonyl (C=O) groups is 1. The van der Waals surface area contributed by atoms with Gasteiger partial charge in [0.25, 0.3) is 5.91 Å². The van der Waals surface area contributed by atoms with E-state index in [0.717, 1.165) is 18.5 Å². The van der Waals surface area contributed by atoms with Gasteiger partial charge >= 0.3 is 0 Å². The van der Waals surface area contributed by atoms with E-state index in [4.69, 9.17) is 4.74 Å². The van der Waals surface area contributed by atoms with Crippen LogP contribution < -0.4 is 4.74 Å². The first-order valence-corrected chi connectivity index (χ1v) is 8.23. The Hall–Kier alpha value is -2.40. The highest BCUT2D eigenvalue weighted by Crippen LogP contribution is 2.24. The van der Waals surface area contributed by atoms with Crippen LogP contribution in [0.5, 0.6) is 5.88 Å². The zero-order chi connectivity index (χ0) is 16.9. The molecule has 1 aromatic carbocycles. The maximum atomic E-state index is 12.9. The summed E-state index contributed by atoms with van der Waals surface area (Å²) in [6.07, 6.45) is 2.46. The molecule has 5 heteroatoms. The van der Waals surface area contributed by atoms with Gasteiger partial charge in [0.2, 0.25) is 5.88 Å². The molecule has 1 atom stereocenters. The molecule has 0 fully saturated rings. The number of ether oxygens (including phenoxy) is 1. The Morgan fingerprint density at radius 3 is 2.75 bits per heavy atom. The van der Waals surface area contributed by atoms with Crippen molar-refractivity contribution < 1.29 is 9.53 Å². The topological polar surface area (TPSA) is 45.7 Å². The molecule has 1 aliphatic heterocycles. The van der Waals surface area contributed by atoms with E-state index in [2.05, 4.69) is 9.88 Å². The third-order valence-corrected chi connectivity index (χ3v) is 4.11. The summed E-state index contributed by atoms with van der Waals surface area (Å²) in [6.45, 7) is 2.05. The minimum absolute atomic E-state index is 0.0192. The molecule has 0 N–H and O–H groups in total. The van der Waals surface area contributed by atoms with Crippen molar-refractivity contribution in [2.24, 2.45) is 0 Å². The maximum Gasteiger partial charge on any atom is 0.259 e. The maximum absolute atomic E-state index is 12.9. The molecular weight excluding hydrogens is 302 g/mol. The van der Waals surface area contributed by atoms with Gasteiger partial charge in [-0.3, -0.25) is 4.79 Å². The molecule has 0 aliphatic carbocycles. The average molecular weight is 325 g/mol. The van der Waals surface area contributed by atoms with Crippen molar-refractivity contribution in [2.45, 2.75) is 19.1 Å². The second-order valence-electron chi connectivity index (χ2n) is 6.36. The van der Waals surface area contributed by atoms with E-state index in [1.807, 2.05) is 49.3 Å². The summed E-state index contributed by atoms with van der Waals surface area (Å²) < 4.78 is 6.05. The van der Waals surface area contributed by atoms with Crippen molar-refractivity contribution in [1.82, 2.24) is 14.8 Å². The van der Waals surface area contributed by atoms with Gasteiger partial charge < -0.3 is 14.5 Å². The standard InChI is InChI=1S/C19H23N3O2/c1-21(2)12-10-16-14-22(13-15-7-4-3-5-8-15)19(23)17-9-6-11-20-18(17)24-16/h3-9,11,16H,10,12-14H2,1-2H3. The molecule has 5 nitrogen and oxygen atoms in total. The number of carbonyl (C=O) groups excluding carboxylic acids is 1. The fourth-order valence-corrected chi connectivity index (χ4v) is 2.83. The Morgan fingerprint density at radius 1 is 1.21 bits per heavy atom.